The van der Waals surface area contributed by atoms with E-state index < -0.39 is 10.0 Å². The summed E-state index contributed by atoms with van der Waals surface area (Å²) in [6.07, 6.45) is 3.79. The van der Waals surface area contributed by atoms with Crippen LogP contribution in [0.2, 0.25) is 0 Å². The van der Waals surface area contributed by atoms with Crippen molar-refractivity contribution in [1.29, 1.82) is 0 Å². The van der Waals surface area contributed by atoms with Crippen LogP contribution in [-0.4, -0.2) is 50.3 Å². The first kappa shape index (κ1) is 20.9. The average molecular weight is 383 g/mol. The second-order valence-corrected chi connectivity index (χ2v) is 9.90. The summed E-state index contributed by atoms with van der Waals surface area (Å²) in [5, 5.41) is 5.14. The molecular weight excluding hydrogens is 350 g/mol. The fraction of sp³-hybridized carbons (Fsp3) is 0.632. The minimum absolute atomic E-state index is 0.164. The van der Waals surface area contributed by atoms with Crippen LogP contribution in [0.3, 0.4) is 0 Å². The van der Waals surface area contributed by atoms with Crippen LogP contribution in [0.25, 0.3) is 0 Å². The molecule has 1 saturated heterocycles. The maximum Gasteiger partial charge on any atom is 0.251 e. The molecule has 1 aromatic carbocycles. The Balaban J connectivity index is 1.87. The summed E-state index contributed by atoms with van der Waals surface area (Å²) >= 11 is 0. The van der Waals surface area contributed by atoms with Crippen molar-refractivity contribution in [2.45, 2.75) is 56.9 Å². The van der Waals surface area contributed by atoms with Crippen LogP contribution in [0.5, 0.6) is 0 Å². The molecule has 1 fully saturated rings. The Morgan fingerprint density at radius 1 is 1.12 bits per heavy atom. The summed E-state index contributed by atoms with van der Waals surface area (Å²) in [7, 11) is -3.45. The normalized spacial score (nSPS) is 16.4. The van der Waals surface area contributed by atoms with Gasteiger partial charge in [0.05, 0.1) is 17.0 Å². The summed E-state index contributed by atoms with van der Waals surface area (Å²) in [6, 6.07) is 6.25. The zero-order valence-corrected chi connectivity index (χ0v) is 16.9. The molecule has 0 unspecified atom stereocenters. The molecule has 0 saturated carbocycles. The Bertz CT molecular complexity index is 688. The van der Waals surface area contributed by atoms with E-state index in [2.05, 4.69) is 31.4 Å². The monoisotopic (exact) mass is 382 g/mol. The Labute approximate surface area is 157 Å². The smallest absolute Gasteiger partial charge is 0.251 e. The van der Waals surface area contributed by atoms with Crippen LogP contribution in [-0.2, 0) is 10.0 Å². The predicted octanol–water partition coefficient (Wildman–Crippen LogP) is 1.34. The molecule has 146 valence electrons. The molecule has 1 aromatic rings. The van der Waals surface area contributed by atoms with E-state index in [9.17, 15) is 13.2 Å². The minimum Gasteiger partial charge on any atom is -0.352 e. The Hall–Kier alpha value is -1.44. The highest BCUT2D eigenvalue weighted by Crippen LogP contribution is 2.20. The van der Waals surface area contributed by atoms with Crippen LogP contribution in [0.1, 0.15) is 56.8 Å². The van der Waals surface area contributed by atoms with Crippen molar-refractivity contribution in [3.8, 4) is 0 Å². The van der Waals surface area contributed by atoms with E-state index in [-0.39, 0.29) is 16.3 Å². The van der Waals surface area contributed by atoms with Crippen molar-refractivity contribution < 1.29 is 18.5 Å². The zero-order valence-electron chi connectivity index (χ0n) is 16.1. The van der Waals surface area contributed by atoms with Gasteiger partial charge in [0.15, 0.2) is 0 Å². The molecule has 0 bridgehead atoms. The van der Waals surface area contributed by atoms with Crippen LogP contribution < -0.4 is 10.6 Å². The number of sulfonamides is 1. The number of nitrogens with zero attached hydrogens (tertiary/aromatic N) is 1. The summed E-state index contributed by atoms with van der Waals surface area (Å²) in [4.78, 5) is 12.4. The first-order chi connectivity index (χ1) is 12.2. The van der Waals surface area contributed by atoms with Gasteiger partial charge < -0.3 is 10.6 Å². The van der Waals surface area contributed by atoms with E-state index in [1.807, 2.05) is 0 Å². The number of nitrogens with two attached hydrogens (primary N) is 1. The molecule has 1 amide bonds. The van der Waals surface area contributed by atoms with Crippen LogP contribution in [0.15, 0.2) is 29.2 Å². The molecule has 1 heterocycles. The maximum atomic E-state index is 12.6. The summed E-state index contributed by atoms with van der Waals surface area (Å²) in [5.41, 5.74) is 0.682. The highest BCUT2D eigenvalue weighted by molar-refractivity contribution is 7.89. The summed E-state index contributed by atoms with van der Waals surface area (Å²) in [6.45, 7) is 9.20. The molecule has 26 heavy (non-hydrogen) atoms. The number of amides is 1. The predicted molar refractivity (Wildman–Crippen MR) is 103 cm³/mol. The summed E-state index contributed by atoms with van der Waals surface area (Å²) < 4.78 is 26.8. The SMILES string of the molecule is CC(C)(C)[NH2+]CCCNC(=O)c1ccc(S(=O)(=O)N2CCCCC2)cc1. The van der Waals surface area contributed by atoms with E-state index in [1.165, 1.54) is 16.4 Å². The minimum atomic E-state index is -3.45. The third-order valence-corrected chi connectivity index (χ3v) is 6.41. The van der Waals surface area contributed by atoms with Gasteiger partial charge in [0.2, 0.25) is 10.0 Å². The fourth-order valence-corrected chi connectivity index (χ4v) is 4.49. The lowest BCUT2D eigenvalue weighted by Crippen LogP contribution is -2.94. The lowest BCUT2D eigenvalue weighted by atomic mass is 10.1. The van der Waals surface area contributed by atoms with Gasteiger partial charge in [-0.2, -0.15) is 4.31 Å². The molecule has 2 rings (SSSR count). The first-order valence-electron chi connectivity index (χ1n) is 9.43. The molecule has 1 aliphatic rings. The number of hydrogen-bond donors (Lipinski definition) is 2. The maximum absolute atomic E-state index is 12.6. The first-order valence-corrected chi connectivity index (χ1v) is 10.9. The molecule has 0 spiro atoms. The van der Waals surface area contributed by atoms with Crippen LogP contribution >= 0.6 is 0 Å². The van der Waals surface area contributed by atoms with Crippen molar-refractivity contribution in [3.63, 3.8) is 0 Å². The number of rotatable bonds is 7. The molecular formula is C19H32N3O3S+. The number of quaternary nitrogens is 1. The average Bonchev–Trinajstić information content (AvgIpc) is 2.61. The molecule has 3 N–H and O–H groups in total. The Morgan fingerprint density at radius 3 is 2.31 bits per heavy atom. The number of benzene rings is 1. The molecule has 0 aromatic heterocycles. The van der Waals surface area contributed by atoms with Gasteiger partial charge in [-0.15, -0.1) is 0 Å². The zero-order chi connectivity index (χ0) is 19.2. The Kier molecular flexibility index (Phi) is 7.20. The fourth-order valence-electron chi connectivity index (χ4n) is 2.97. The highest BCUT2D eigenvalue weighted by atomic mass is 32.2. The van der Waals surface area contributed by atoms with E-state index in [0.29, 0.717) is 25.2 Å². The van der Waals surface area contributed by atoms with E-state index in [0.717, 1.165) is 32.2 Å². The van der Waals surface area contributed by atoms with E-state index >= 15 is 0 Å². The molecule has 0 aliphatic carbocycles. The van der Waals surface area contributed by atoms with Gasteiger partial charge in [-0.1, -0.05) is 6.42 Å². The third kappa shape index (κ3) is 6.07. The van der Waals surface area contributed by atoms with E-state index in [1.54, 1.807) is 12.1 Å². The van der Waals surface area contributed by atoms with E-state index in [4.69, 9.17) is 0 Å². The quantitative estimate of drug-likeness (QED) is 0.698. The van der Waals surface area contributed by atoms with Gasteiger partial charge in [0, 0.05) is 31.6 Å². The van der Waals surface area contributed by atoms with Crippen LogP contribution in [0, 0.1) is 0 Å². The second kappa shape index (κ2) is 8.97. The van der Waals surface area contributed by atoms with Crippen molar-refractivity contribution in [1.82, 2.24) is 9.62 Å². The lowest BCUT2D eigenvalue weighted by Gasteiger charge is -2.25. The standard InChI is InChI=1S/C19H31N3O3S/c1-19(2,3)21-13-7-12-20-18(23)16-8-10-17(11-9-16)26(24,25)22-14-5-4-6-15-22/h8-11,21H,4-7,12-15H2,1-3H3,(H,20,23)/p+1. The van der Waals surface area contributed by atoms with Crippen LogP contribution in [0.4, 0.5) is 0 Å². The van der Waals surface area contributed by atoms with Crippen molar-refractivity contribution >= 4 is 15.9 Å². The number of piperidine rings is 1. The number of carbonyl (C=O) groups is 1. The van der Waals surface area contributed by atoms with Gasteiger partial charge in [0.1, 0.15) is 0 Å². The third-order valence-electron chi connectivity index (χ3n) is 4.49. The molecule has 1 aliphatic heterocycles. The summed E-state index contributed by atoms with van der Waals surface area (Å²) in [5.74, 6) is -0.164. The number of nitrogens with one attached hydrogen (secondary N) is 1. The number of hydrogen-bond acceptors (Lipinski definition) is 3. The molecule has 0 radical (unpaired) electrons. The molecule has 7 heteroatoms. The number of carbonyl (C=O) groups excluding carboxylic acids is 1. The Morgan fingerprint density at radius 2 is 1.73 bits per heavy atom. The van der Waals surface area contributed by atoms with Crippen molar-refractivity contribution in [2.24, 2.45) is 0 Å². The molecule has 6 nitrogen and oxygen atoms in total. The van der Waals surface area contributed by atoms with Crippen molar-refractivity contribution in [3.05, 3.63) is 29.8 Å². The topological polar surface area (TPSA) is 83.1 Å². The molecule has 0 atom stereocenters. The lowest BCUT2D eigenvalue weighted by molar-refractivity contribution is -0.717. The van der Waals surface area contributed by atoms with Gasteiger partial charge in [-0.05, 0) is 57.9 Å². The van der Waals surface area contributed by atoms with Crippen molar-refractivity contribution in [2.75, 3.05) is 26.2 Å². The largest absolute Gasteiger partial charge is 0.352 e. The van der Waals surface area contributed by atoms with Gasteiger partial charge in [0.25, 0.3) is 5.91 Å². The van der Waals surface area contributed by atoms with Gasteiger partial charge in [-0.25, -0.2) is 8.42 Å². The highest BCUT2D eigenvalue weighted by Gasteiger charge is 2.25. The second-order valence-electron chi connectivity index (χ2n) is 7.96. The van der Waals surface area contributed by atoms with Gasteiger partial charge >= 0.3 is 0 Å². The van der Waals surface area contributed by atoms with Gasteiger partial charge in [-0.3, -0.25) is 4.79 Å².